The van der Waals surface area contributed by atoms with Crippen molar-refractivity contribution in [1.29, 1.82) is 0 Å². The van der Waals surface area contributed by atoms with E-state index in [0.29, 0.717) is 25.7 Å². The maximum Gasteiger partial charge on any atom is 0.312 e. The second-order valence-corrected chi connectivity index (χ2v) is 5.89. The first kappa shape index (κ1) is 12.9. The van der Waals surface area contributed by atoms with Gasteiger partial charge in [0.25, 0.3) is 0 Å². The Balaban J connectivity index is 2.25. The van der Waals surface area contributed by atoms with Crippen molar-refractivity contribution in [3.8, 4) is 0 Å². The molecular formula is C14H24O3. The Morgan fingerprint density at radius 3 is 1.65 bits per heavy atom. The zero-order valence-electron chi connectivity index (χ0n) is 10.6. The summed E-state index contributed by atoms with van der Waals surface area (Å²) in [6, 6.07) is 0. The van der Waals surface area contributed by atoms with E-state index in [4.69, 9.17) is 0 Å². The Morgan fingerprint density at radius 2 is 1.18 bits per heavy atom. The van der Waals surface area contributed by atoms with Crippen molar-refractivity contribution < 1.29 is 15.0 Å². The van der Waals surface area contributed by atoms with Gasteiger partial charge >= 0.3 is 5.97 Å². The molecule has 3 heteroatoms. The van der Waals surface area contributed by atoms with E-state index in [2.05, 4.69) is 0 Å². The van der Waals surface area contributed by atoms with Crippen molar-refractivity contribution in [2.45, 2.75) is 76.2 Å². The zero-order chi connectivity index (χ0) is 12.4. The number of hydrogen-bond donors (Lipinski definition) is 2. The molecule has 0 spiro atoms. The van der Waals surface area contributed by atoms with Gasteiger partial charge in [-0.2, -0.15) is 0 Å². The lowest BCUT2D eigenvalue weighted by Crippen LogP contribution is -2.52. The number of carboxylic acids is 1. The molecule has 0 unspecified atom stereocenters. The van der Waals surface area contributed by atoms with Crippen molar-refractivity contribution >= 4 is 5.97 Å². The van der Waals surface area contributed by atoms with Crippen LogP contribution in [0, 0.1) is 5.41 Å². The first-order chi connectivity index (χ1) is 8.11. The predicted octanol–water partition coefficient (Wildman–Crippen LogP) is 3.11. The van der Waals surface area contributed by atoms with Gasteiger partial charge in [-0.1, -0.05) is 44.9 Å². The number of hydrogen-bond acceptors (Lipinski definition) is 2. The van der Waals surface area contributed by atoms with Crippen LogP contribution in [-0.2, 0) is 4.79 Å². The zero-order valence-corrected chi connectivity index (χ0v) is 10.6. The van der Waals surface area contributed by atoms with E-state index in [1.807, 2.05) is 0 Å². The lowest BCUT2D eigenvalue weighted by molar-refractivity contribution is -0.173. The second kappa shape index (κ2) is 4.97. The fourth-order valence-corrected chi connectivity index (χ4v) is 3.83. The Labute approximate surface area is 103 Å². The quantitative estimate of drug-likeness (QED) is 0.779. The summed E-state index contributed by atoms with van der Waals surface area (Å²) in [4.78, 5) is 11.8. The van der Waals surface area contributed by atoms with E-state index < -0.39 is 17.0 Å². The second-order valence-electron chi connectivity index (χ2n) is 5.89. The lowest BCUT2D eigenvalue weighted by atomic mass is 9.64. The third kappa shape index (κ3) is 2.22. The van der Waals surface area contributed by atoms with Crippen LogP contribution in [0.5, 0.6) is 0 Å². The predicted molar refractivity (Wildman–Crippen MR) is 65.8 cm³/mol. The molecule has 0 aromatic heterocycles. The van der Waals surface area contributed by atoms with Crippen molar-refractivity contribution in [3.05, 3.63) is 0 Å². The summed E-state index contributed by atoms with van der Waals surface area (Å²) in [6.45, 7) is 0. The fourth-order valence-electron chi connectivity index (χ4n) is 3.83. The molecule has 2 aliphatic rings. The van der Waals surface area contributed by atoms with Gasteiger partial charge in [0.05, 0.1) is 11.0 Å². The smallest absolute Gasteiger partial charge is 0.312 e. The number of rotatable bonds is 2. The van der Waals surface area contributed by atoms with Crippen LogP contribution in [0.15, 0.2) is 0 Å². The molecule has 98 valence electrons. The van der Waals surface area contributed by atoms with Gasteiger partial charge in [-0.05, 0) is 25.7 Å². The summed E-state index contributed by atoms with van der Waals surface area (Å²) >= 11 is 0. The van der Waals surface area contributed by atoms with Gasteiger partial charge in [0.2, 0.25) is 0 Å². The summed E-state index contributed by atoms with van der Waals surface area (Å²) < 4.78 is 0. The van der Waals surface area contributed by atoms with E-state index in [1.54, 1.807) is 0 Å². The molecule has 2 rings (SSSR count). The first-order valence-electron chi connectivity index (χ1n) is 7.07. The molecule has 2 saturated carbocycles. The highest BCUT2D eigenvalue weighted by atomic mass is 16.4. The van der Waals surface area contributed by atoms with Crippen LogP contribution in [0.1, 0.15) is 70.6 Å². The molecule has 0 saturated heterocycles. The molecule has 0 bridgehead atoms. The molecule has 17 heavy (non-hydrogen) atoms. The summed E-state index contributed by atoms with van der Waals surface area (Å²) in [5.74, 6) is -0.760. The molecule has 0 aliphatic heterocycles. The molecule has 0 amide bonds. The molecule has 0 aromatic rings. The van der Waals surface area contributed by atoms with Gasteiger partial charge in [0, 0.05) is 0 Å². The van der Waals surface area contributed by atoms with Crippen LogP contribution in [-0.4, -0.2) is 21.8 Å². The Morgan fingerprint density at radius 1 is 0.765 bits per heavy atom. The van der Waals surface area contributed by atoms with E-state index in [1.165, 1.54) is 6.42 Å². The van der Waals surface area contributed by atoms with Gasteiger partial charge in [-0.25, -0.2) is 0 Å². The maximum absolute atomic E-state index is 11.8. The topological polar surface area (TPSA) is 57.5 Å². The normalized spacial score (nSPS) is 28.3. The summed E-state index contributed by atoms with van der Waals surface area (Å²) in [5.41, 5.74) is -1.79. The van der Waals surface area contributed by atoms with Crippen LogP contribution in [0.3, 0.4) is 0 Å². The van der Waals surface area contributed by atoms with Crippen molar-refractivity contribution in [2.24, 2.45) is 5.41 Å². The third-order valence-corrected chi connectivity index (χ3v) is 4.94. The van der Waals surface area contributed by atoms with Crippen molar-refractivity contribution in [2.75, 3.05) is 0 Å². The molecule has 2 fully saturated rings. The largest absolute Gasteiger partial charge is 0.481 e. The van der Waals surface area contributed by atoms with Gasteiger partial charge in [-0.15, -0.1) is 0 Å². The minimum Gasteiger partial charge on any atom is -0.481 e. The first-order valence-corrected chi connectivity index (χ1v) is 7.07. The average molecular weight is 240 g/mol. The van der Waals surface area contributed by atoms with Crippen LogP contribution >= 0.6 is 0 Å². The van der Waals surface area contributed by atoms with Crippen LogP contribution in [0.2, 0.25) is 0 Å². The molecule has 0 radical (unpaired) electrons. The third-order valence-electron chi connectivity index (χ3n) is 4.94. The highest BCUT2D eigenvalue weighted by molar-refractivity contribution is 5.76. The number of carboxylic acid groups (broad SMARTS) is 1. The van der Waals surface area contributed by atoms with Gasteiger partial charge in [-0.3, -0.25) is 4.79 Å². The highest BCUT2D eigenvalue weighted by Crippen LogP contribution is 2.51. The SMILES string of the molecule is O=C(O)C1(C2(O)CCCC2)CCCCCCC1. The Hall–Kier alpha value is -0.570. The minimum absolute atomic E-state index is 0.666. The van der Waals surface area contributed by atoms with Gasteiger partial charge < -0.3 is 10.2 Å². The lowest BCUT2D eigenvalue weighted by Gasteiger charge is -2.43. The molecule has 0 aromatic carbocycles. The van der Waals surface area contributed by atoms with Crippen LogP contribution in [0.4, 0.5) is 0 Å². The van der Waals surface area contributed by atoms with Crippen molar-refractivity contribution in [3.63, 3.8) is 0 Å². The van der Waals surface area contributed by atoms with E-state index in [-0.39, 0.29) is 0 Å². The number of aliphatic hydroxyl groups is 1. The van der Waals surface area contributed by atoms with Crippen LogP contribution in [0.25, 0.3) is 0 Å². The summed E-state index contributed by atoms with van der Waals surface area (Å²) in [6.07, 6.45) is 10.0. The summed E-state index contributed by atoms with van der Waals surface area (Å²) in [7, 11) is 0. The number of aliphatic carboxylic acids is 1. The fraction of sp³-hybridized carbons (Fsp3) is 0.929. The Bertz CT molecular complexity index is 271. The molecule has 0 heterocycles. The minimum atomic E-state index is -0.934. The molecule has 2 aliphatic carbocycles. The van der Waals surface area contributed by atoms with Gasteiger partial charge in [0.1, 0.15) is 0 Å². The molecule has 3 nitrogen and oxygen atoms in total. The summed E-state index contributed by atoms with van der Waals surface area (Å²) in [5, 5.41) is 20.4. The maximum atomic E-state index is 11.8. The molecular weight excluding hydrogens is 216 g/mol. The molecule has 0 atom stereocenters. The van der Waals surface area contributed by atoms with Crippen molar-refractivity contribution in [1.82, 2.24) is 0 Å². The van der Waals surface area contributed by atoms with E-state index in [9.17, 15) is 15.0 Å². The van der Waals surface area contributed by atoms with Crippen LogP contribution < -0.4 is 0 Å². The van der Waals surface area contributed by atoms with Gasteiger partial charge in [0.15, 0.2) is 0 Å². The van der Waals surface area contributed by atoms with E-state index in [0.717, 1.165) is 38.5 Å². The van der Waals surface area contributed by atoms with E-state index >= 15 is 0 Å². The highest BCUT2D eigenvalue weighted by Gasteiger charge is 2.55. The molecule has 2 N–H and O–H groups in total. The monoisotopic (exact) mass is 240 g/mol. The Kier molecular flexibility index (Phi) is 3.76. The standard InChI is InChI=1S/C14H24O3/c15-12(16)13(14(17)10-6-7-11-14)8-4-2-1-3-5-9-13/h17H,1-11H2,(H,15,16). The average Bonchev–Trinajstić information content (AvgIpc) is 2.65. The number of carbonyl (C=O) groups is 1.